The van der Waals surface area contributed by atoms with Crippen molar-refractivity contribution in [2.24, 2.45) is 0 Å². The first kappa shape index (κ1) is 14.1. The van der Waals surface area contributed by atoms with Gasteiger partial charge in [0.2, 0.25) is 5.91 Å². The summed E-state index contributed by atoms with van der Waals surface area (Å²) >= 11 is 0. The Bertz CT molecular complexity index is 891. The van der Waals surface area contributed by atoms with E-state index >= 15 is 0 Å². The average Bonchev–Trinajstić information content (AvgIpc) is 2.81. The number of hydrogen-bond donors (Lipinski definition) is 2. The van der Waals surface area contributed by atoms with Gasteiger partial charge in [0.25, 0.3) is 0 Å². The number of nitrogens with one attached hydrogen (secondary N) is 1. The molecule has 0 saturated carbocycles. The maximum Gasteiger partial charge on any atom is 0.333 e. The maximum atomic E-state index is 12.4. The van der Waals surface area contributed by atoms with Gasteiger partial charge in [-0.1, -0.05) is 30.3 Å². The largest absolute Gasteiger partial charge is 0.398 e. The molecular formula is C17H17N3O2. The number of nitrogen functional groups attached to an aromatic ring is 1. The Labute approximate surface area is 127 Å². The summed E-state index contributed by atoms with van der Waals surface area (Å²) in [6.07, 6.45) is 0.866. The summed E-state index contributed by atoms with van der Waals surface area (Å²) in [5.41, 5.74) is 9.14. The number of benzene rings is 2. The van der Waals surface area contributed by atoms with Crippen molar-refractivity contribution in [3.8, 4) is 0 Å². The van der Waals surface area contributed by atoms with Crippen molar-refractivity contribution in [3.63, 3.8) is 0 Å². The number of aromatic nitrogens is 2. The van der Waals surface area contributed by atoms with Gasteiger partial charge < -0.3 is 10.7 Å². The topological polar surface area (TPSA) is 80.9 Å². The minimum atomic E-state index is -0.418. The zero-order chi connectivity index (χ0) is 15.7. The number of nitrogens with zero attached hydrogens (tertiary/aromatic N) is 1. The number of hydrogen-bond acceptors (Lipinski definition) is 3. The maximum absolute atomic E-state index is 12.4. The predicted molar refractivity (Wildman–Crippen MR) is 87.1 cm³/mol. The molecule has 0 aliphatic rings. The van der Waals surface area contributed by atoms with Gasteiger partial charge in [0.15, 0.2) is 0 Å². The van der Waals surface area contributed by atoms with Gasteiger partial charge in [0.05, 0.1) is 11.0 Å². The van der Waals surface area contributed by atoms with Gasteiger partial charge in [-0.2, -0.15) is 0 Å². The fraction of sp³-hybridized carbons (Fsp3) is 0.176. The Morgan fingerprint density at radius 3 is 2.68 bits per heavy atom. The number of H-pyrrole nitrogens is 1. The monoisotopic (exact) mass is 295 g/mol. The van der Waals surface area contributed by atoms with E-state index < -0.39 is 5.69 Å². The fourth-order valence-corrected chi connectivity index (χ4v) is 2.53. The van der Waals surface area contributed by atoms with Gasteiger partial charge in [0.1, 0.15) is 0 Å². The second kappa shape index (κ2) is 5.52. The standard InChI is InChI=1S/C17H17N3O2/c1-11-9-14-15(10-13(11)18)20(17(22)19-14)16(21)8-7-12-5-3-2-4-6-12/h2-6,9-10H,7-8,18H2,1H3,(H,19,22). The van der Waals surface area contributed by atoms with E-state index in [4.69, 9.17) is 5.73 Å². The molecule has 0 saturated heterocycles. The molecule has 5 heteroatoms. The predicted octanol–water partition coefficient (Wildman–Crippen LogP) is 2.49. The molecule has 0 radical (unpaired) electrons. The minimum absolute atomic E-state index is 0.233. The van der Waals surface area contributed by atoms with Crippen molar-refractivity contribution in [3.05, 3.63) is 64.1 Å². The molecule has 0 aliphatic carbocycles. The summed E-state index contributed by atoms with van der Waals surface area (Å²) in [5.74, 6) is -0.233. The van der Waals surface area contributed by atoms with Gasteiger partial charge in [-0.25, -0.2) is 9.36 Å². The molecule has 0 fully saturated rings. The van der Waals surface area contributed by atoms with Gasteiger partial charge in [0, 0.05) is 12.1 Å². The lowest BCUT2D eigenvalue weighted by Crippen LogP contribution is -2.24. The van der Waals surface area contributed by atoms with E-state index in [9.17, 15) is 9.59 Å². The molecule has 0 spiro atoms. The zero-order valence-electron chi connectivity index (χ0n) is 12.3. The fourth-order valence-electron chi connectivity index (χ4n) is 2.53. The molecule has 112 valence electrons. The summed E-state index contributed by atoms with van der Waals surface area (Å²) in [5, 5.41) is 0. The summed E-state index contributed by atoms with van der Waals surface area (Å²) in [7, 11) is 0. The van der Waals surface area contributed by atoms with Crippen LogP contribution in [0.25, 0.3) is 11.0 Å². The number of anilines is 1. The van der Waals surface area contributed by atoms with Crippen LogP contribution < -0.4 is 11.4 Å². The second-order valence-electron chi connectivity index (χ2n) is 5.37. The minimum Gasteiger partial charge on any atom is -0.398 e. The lowest BCUT2D eigenvalue weighted by molar-refractivity contribution is 0.0904. The first-order valence-corrected chi connectivity index (χ1v) is 7.14. The molecule has 3 aromatic rings. The summed E-state index contributed by atoms with van der Waals surface area (Å²) in [6, 6.07) is 13.2. The van der Waals surface area contributed by atoms with Gasteiger partial charge in [-0.15, -0.1) is 0 Å². The molecule has 1 aromatic heterocycles. The third-order valence-electron chi connectivity index (χ3n) is 3.79. The van der Waals surface area contributed by atoms with Crippen LogP contribution in [0.1, 0.15) is 22.3 Å². The summed E-state index contributed by atoms with van der Waals surface area (Å²) in [6.45, 7) is 1.86. The molecule has 3 rings (SSSR count). The van der Waals surface area contributed by atoms with Gasteiger partial charge in [-0.3, -0.25) is 4.79 Å². The van der Waals surface area contributed by atoms with Crippen molar-refractivity contribution < 1.29 is 4.79 Å². The van der Waals surface area contributed by atoms with Crippen LogP contribution in [0.3, 0.4) is 0 Å². The van der Waals surface area contributed by atoms with Crippen LogP contribution in [-0.2, 0) is 6.42 Å². The van der Waals surface area contributed by atoms with Crippen LogP contribution in [0.15, 0.2) is 47.3 Å². The molecule has 0 atom stereocenters. The molecule has 0 unspecified atom stereocenters. The molecule has 0 amide bonds. The van der Waals surface area contributed by atoms with Gasteiger partial charge in [-0.05, 0) is 36.6 Å². The van der Waals surface area contributed by atoms with Gasteiger partial charge >= 0.3 is 5.69 Å². The number of rotatable bonds is 3. The molecule has 2 aromatic carbocycles. The highest BCUT2D eigenvalue weighted by molar-refractivity contribution is 5.92. The Morgan fingerprint density at radius 1 is 1.23 bits per heavy atom. The molecule has 22 heavy (non-hydrogen) atoms. The lowest BCUT2D eigenvalue weighted by atomic mass is 10.1. The third kappa shape index (κ3) is 2.53. The molecule has 0 bridgehead atoms. The molecule has 1 heterocycles. The van der Waals surface area contributed by atoms with Crippen LogP contribution in [0, 0.1) is 6.92 Å². The van der Waals surface area contributed by atoms with Crippen LogP contribution >= 0.6 is 0 Å². The molecule has 3 N–H and O–H groups in total. The first-order chi connectivity index (χ1) is 10.6. The normalized spacial score (nSPS) is 11.0. The van der Waals surface area contributed by atoms with Crippen molar-refractivity contribution in [2.75, 3.05) is 5.73 Å². The van der Waals surface area contributed by atoms with Crippen LogP contribution in [0.2, 0.25) is 0 Å². The smallest absolute Gasteiger partial charge is 0.333 e. The Kier molecular flexibility index (Phi) is 3.55. The van der Waals surface area contributed by atoms with Crippen LogP contribution in [0.5, 0.6) is 0 Å². The number of fused-ring (bicyclic) bond motifs is 1. The van der Waals surface area contributed by atoms with Crippen LogP contribution in [-0.4, -0.2) is 15.5 Å². The third-order valence-corrected chi connectivity index (χ3v) is 3.79. The van der Waals surface area contributed by atoms with E-state index in [1.54, 1.807) is 12.1 Å². The first-order valence-electron chi connectivity index (χ1n) is 7.14. The quantitative estimate of drug-likeness (QED) is 0.728. The van der Waals surface area contributed by atoms with Crippen LogP contribution in [0.4, 0.5) is 5.69 Å². The Hall–Kier alpha value is -2.82. The van der Waals surface area contributed by atoms with E-state index in [0.29, 0.717) is 23.1 Å². The van der Waals surface area contributed by atoms with Crippen molar-refractivity contribution >= 4 is 22.6 Å². The molecular weight excluding hydrogens is 278 g/mol. The summed E-state index contributed by atoms with van der Waals surface area (Å²) < 4.78 is 1.17. The van der Waals surface area contributed by atoms with Crippen molar-refractivity contribution in [1.82, 2.24) is 9.55 Å². The average molecular weight is 295 g/mol. The number of imidazole rings is 1. The van der Waals surface area contributed by atoms with Crippen molar-refractivity contribution in [1.29, 1.82) is 0 Å². The van der Waals surface area contributed by atoms with E-state index in [0.717, 1.165) is 11.1 Å². The highest BCUT2D eigenvalue weighted by Gasteiger charge is 2.15. The molecule has 0 aliphatic heterocycles. The Morgan fingerprint density at radius 2 is 1.95 bits per heavy atom. The van der Waals surface area contributed by atoms with Crippen molar-refractivity contribution in [2.45, 2.75) is 19.8 Å². The number of aromatic amines is 1. The number of carbonyl (C=O) groups is 1. The molecule has 5 nitrogen and oxygen atoms in total. The highest BCUT2D eigenvalue weighted by atomic mass is 16.2. The number of aryl methyl sites for hydroxylation is 2. The van der Waals surface area contributed by atoms with E-state index in [-0.39, 0.29) is 12.3 Å². The second-order valence-corrected chi connectivity index (χ2v) is 5.37. The zero-order valence-corrected chi connectivity index (χ0v) is 12.3. The summed E-state index contributed by atoms with van der Waals surface area (Å²) in [4.78, 5) is 27.2. The number of carbonyl (C=O) groups excluding carboxylic acids is 1. The Balaban J connectivity index is 1.92. The SMILES string of the molecule is Cc1cc2[nH]c(=O)n(C(=O)CCc3ccccc3)c2cc1N. The highest BCUT2D eigenvalue weighted by Crippen LogP contribution is 2.19. The van der Waals surface area contributed by atoms with E-state index in [2.05, 4.69) is 4.98 Å². The number of nitrogens with two attached hydrogens (primary N) is 1. The van der Waals surface area contributed by atoms with E-state index in [1.165, 1.54) is 4.57 Å². The lowest BCUT2D eigenvalue weighted by Gasteiger charge is -2.04. The van der Waals surface area contributed by atoms with E-state index in [1.807, 2.05) is 37.3 Å².